The molecule has 0 aromatic heterocycles. The number of nitrogens with one attached hydrogen (secondary N) is 1. The molecule has 116 valence electrons. The van der Waals surface area contributed by atoms with Crippen molar-refractivity contribution >= 4 is 23.6 Å². The molecular formula is C14H27N3O2S. The zero-order valence-electron chi connectivity index (χ0n) is 12.8. The second-order valence-electron chi connectivity index (χ2n) is 5.42. The van der Waals surface area contributed by atoms with Crippen LogP contribution in [0.25, 0.3) is 0 Å². The van der Waals surface area contributed by atoms with E-state index in [1.54, 1.807) is 16.7 Å². The Hall–Kier alpha value is -0.750. The Bertz CT molecular complexity index is 345. The third-order valence-corrected chi connectivity index (χ3v) is 5.00. The third-order valence-electron chi connectivity index (χ3n) is 3.99. The molecule has 1 atom stereocenters. The molecule has 1 fully saturated rings. The summed E-state index contributed by atoms with van der Waals surface area (Å²) in [6.07, 6.45) is 2.96. The van der Waals surface area contributed by atoms with Gasteiger partial charge in [0.2, 0.25) is 11.8 Å². The molecule has 1 rings (SSSR count). The molecular weight excluding hydrogens is 274 g/mol. The molecule has 0 aromatic rings. The first-order valence-corrected chi connectivity index (χ1v) is 8.56. The molecule has 2 amide bonds. The molecule has 20 heavy (non-hydrogen) atoms. The summed E-state index contributed by atoms with van der Waals surface area (Å²) in [5.74, 6) is 1.29. The van der Waals surface area contributed by atoms with E-state index >= 15 is 0 Å². The van der Waals surface area contributed by atoms with Crippen LogP contribution in [0.2, 0.25) is 0 Å². The van der Waals surface area contributed by atoms with Crippen LogP contribution >= 0.6 is 11.8 Å². The summed E-state index contributed by atoms with van der Waals surface area (Å²) in [6.45, 7) is 6.49. The fourth-order valence-electron chi connectivity index (χ4n) is 2.14. The Balaban J connectivity index is 2.56. The number of hydrogen-bond donors (Lipinski definition) is 2. The monoisotopic (exact) mass is 301 g/mol. The fourth-order valence-corrected chi connectivity index (χ4v) is 3.32. The lowest BCUT2D eigenvalue weighted by Gasteiger charge is -2.29. The van der Waals surface area contributed by atoms with E-state index in [0.29, 0.717) is 24.6 Å². The van der Waals surface area contributed by atoms with Gasteiger partial charge in [0.15, 0.2) is 0 Å². The van der Waals surface area contributed by atoms with Gasteiger partial charge in [0.05, 0.1) is 5.88 Å². The van der Waals surface area contributed by atoms with Crippen LogP contribution in [0.4, 0.5) is 0 Å². The predicted molar refractivity (Wildman–Crippen MR) is 83.4 cm³/mol. The van der Waals surface area contributed by atoms with Crippen molar-refractivity contribution in [2.24, 2.45) is 5.73 Å². The van der Waals surface area contributed by atoms with E-state index in [0.717, 1.165) is 19.3 Å². The SMILES string of the molecule is CCCC(=O)N1CSCC1C(=O)NCC(N)(CC)CC. The average molecular weight is 301 g/mol. The molecule has 1 aliphatic heterocycles. The number of carbonyl (C=O) groups is 2. The lowest BCUT2D eigenvalue weighted by atomic mass is 9.94. The third kappa shape index (κ3) is 4.38. The van der Waals surface area contributed by atoms with Crippen LogP contribution in [0.15, 0.2) is 0 Å². The summed E-state index contributed by atoms with van der Waals surface area (Å²) in [6, 6.07) is -0.336. The van der Waals surface area contributed by atoms with Gasteiger partial charge in [-0.25, -0.2) is 0 Å². The number of nitrogens with two attached hydrogens (primary N) is 1. The Morgan fingerprint density at radius 2 is 2.00 bits per heavy atom. The summed E-state index contributed by atoms with van der Waals surface area (Å²) in [4.78, 5) is 25.9. The first kappa shape index (κ1) is 17.3. The molecule has 0 aliphatic carbocycles. The van der Waals surface area contributed by atoms with Gasteiger partial charge in [0.25, 0.3) is 0 Å². The highest BCUT2D eigenvalue weighted by atomic mass is 32.2. The summed E-state index contributed by atoms with van der Waals surface area (Å²) in [5, 5.41) is 2.92. The van der Waals surface area contributed by atoms with Gasteiger partial charge in [0.1, 0.15) is 6.04 Å². The van der Waals surface area contributed by atoms with Crippen molar-refractivity contribution in [2.75, 3.05) is 18.2 Å². The van der Waals surface area contributed by atoms with E-state index in [4.69, 9.17) is 5.73 Å². The van der Waals surface area contributed by atoms with Crippen LogP contribution in [-0.4, -0.2) is 46.5 Å². The number of carbonyl (C=O) groups excluding carboxylic acids is 2. The first-order chi connectivity index (χ1) is 9.47. The smallest absolute Gasteiger partial charge is 0.243 e. The van der Waals surface area contributed by atoms with Crippen LogP contribution < -0.4 is 11.1 Å². The molecule has 0 saturated carbocycles. The Morgan fingerprint density at radius 3 is 2.55 bits per heavy atom. The highest BCUT2D eigenvalue weighted by molar-refractivity contribution is 7.99. The van der Waals surface area contributed by atoms with Crippen molar-refractivity contribution in [1.82, 2.24) is 10.2 Å². The largest absolute Gasteiger partial charge is 0.352 e. The van der Waals surface area contributed by atoms with E-state index < -0.39 is 0 Å². The quantitative estimate of drug-likeness (QED) is 0.744. The number of amides is 2. The molecule has 0 radical (unpaired) electrons. The van der Waals surface area contributed by atoms with E-state index in [1.165, 1.54) is 0 Å². The molecule has 0 spiro atoms. The number of rotatable bonds is 7. The van der Waals surface area contributed by atoms with Gasteiger partial charge >= 0.3 is 0 Å². The van der Waals surface area contributed by atoms with Crippen LogP contribution in [0.3, 0.4) is 0 Å². The van der Waals surface area contributed by atoms with Gasteiger partial charge < -0.3 is 16.0 Å². The van der Waals surface area contributed by atoms with Crippen LogP contribution in [-0.2, 0) is 9.59 Å². The van der Waals surface area contributed by atoms with Gasteiger partial charge in [-0.2, -0.15) is 0 Å². The van der Waals surface area contributed by atoms with Crippen LogP contribution in [0.5, 0.6) is 0 Å². The minimum absolute atomic E-state index is 0.0719. The maximum Gasteiger partial charge on any atom is 0.243 e. The maximum atomic E-state index is 12.3. The standard InChI is InChI=1S/C14H27N3O2S/c1-4-7-12(18)17-10-20-8-11(17)13(19)16-9-14(15,5-2)6-3/h11H,4-10,15H2,1-3H3,(H,16,19). The number of nitrogens with zero attached hydrogens (tertiary/aromatic N) is 1. The summed E-state index contributed by atoms with van der Waals surface area (Å²) in [7, 11) is 0. The molecule has 0 aromatic carbocycles. The van der Waals surface area contributed by atoms with E-state index in [2.05, 4.69) is 5.32 Å². The minimum atomic E-state index is -0.348. The summed E-state index contributed by atoms with van der Waals surface area (Å²) < 4.78 is 0. The van der Waals surface area contributed by atoms with Crippen LogP contribution in [0.1, 0.15) is 46.5 Å². The number of hydrogen-bond acceptors (Lipinski definition) is 4. The zero-order valence-corrected chi connectivity index (χ0v) is 13.6. The molecule has 3 N–H and O–H groups in total. The van der Waals surface area contributed by atoms with Gasteiger partial charge in [0, 0.05) is 24.3 Å². The van der Waals surface area contributed by atoms with Crippen molar-refractivity contribution in [2.45, 2.75) is 58.0 Å². The summed E-state index contributed by atoms with van der Waals surface area (Å²) >= 11 is 1.63. The normalized spacial score (nSPS) is 19.2. The second-order valence-corrected chi connectivity index (χ2v) is 6.42. The lowest BCUT2D eigenvalue weighted by molar-refractivity contribution is -0.138. The second kappa shape index (κ2) is 7.88. The topological polar surface area (TPSA) is 75.4 Å². The molecule has 1 unspecified atom stereocenters. The zero-order chi connectivity index (χ0) is 15.2. The molecule has 6 heteroatoms. The highest BCUT2D eigenvalue weighted by Gasteiger charge is 2.34. The molecule has 1 saturated heterocycles. The molecule has 1 aliphatic rings. The van der Waals surface area contributed by atoms with Gasteiger partial charge in [-0.3, -0.25) is 9.59 Å². The average Bonchev–Trinajstić information content (AvgIpc) is 2.94. The van der Waals surface area contributed by atoms with E-state index in [1.807, 2.05) is 20.8 Å². The Morgan fingerprint density at radius 1 is 1.35 bits per heavy atom. The first-order valence-electron chi connectivity index (χ1n) is 7.41. The minimum Gasteiger partial charge on any atom is -0.352 e. The molecule has 0 bridgehead atoms. The van der Waals surface area contributed by atoms with Gasteiger partial charge in [-0.15, -0.1) is 11.8 Å². The van der Waals surface area contributed by atoms with Crippen molar-refractivity contribution in [3.8, 4) is 0 Å². The van der Waals surface area contributed by atoms with Crippen molar-refractivity contribution in [3.63, 3.8) is 0 Å². The predicted octanol–water partition coefficient (Wildman–Crippen LogP) is 1.32. The van der Waals surface area contributed by atoms with Crippen molar-refractivity contribution < 1.29 is 9.59 Å². The van der Waals surface area contributed by atoms with Crippen molar-refractivity contribution in [3.05, 3.63) is 0 Å². The molecule has 5 nitrogen and oxygen atoms in total. The molecule has 1 heterocycles. The van der Waals surface area contributed by atoms with Gasteiger partial charge in [-0.05, 0) is 19.3 Å². The fraction of sp³-hybridized carbons (Fsp3) is 0.857. The van der Waals surface area contributed by atoms with E-state index in [9.17, 15) is 9.59 Å². The maximum absolute atomic E-state index is 12.3. The van der Waals surface area contributed by atoms with Crippen molar-refractivity contribution in [1.29, 1.82) is 0 Å². The number of thioether (sulfide) groups is 1. The Labute approximate surface area is 126 Å². The summed E-state index contributed by atoms with van der Waals surface area (Å²) in [5.41, 5.74) is 5.84. The van der Waals surface area contributed by atoms with Crippen LogP contribution in [0, 0.1) is 0 Å². The highest BCUT2D eigenvalue weighted by Crippen LogP contribution is 2.22. The van der Waals surface area contributed by atoms with E-state index in [-0.39, 0.29) is 23.4 Å². The Kier molecular flexibility index (Phi) is 6.82. The lowest BCUT2D eigenvalue weighted by Crippen LogP contribution is -2.54. The van der Waals surface area contributed by atoms with Gasteiger partial charge in [-0.1, -0.05) is 20.8 Å².